The Balaban J connectivity index is 2.52. The van der Waals surface area contributed by atoms with E-state index in [2.05, 4.69) is 29.1 Å². The fraction of sp³-hybridized carbons (Fsp3) is 0.600. The second kappa shape index (κ2) is 3.87. The highest BCUT2D eigenvalue weighted by atomic mass is 32.2. The fourth-order valence-corrected chi connectivity index (χ4v) is 2.13. The third-order valence-corrected chi connectivity index (χ3v) is 2.98. The van der Waals surface area contributed by atoms with E-state index in [4.69, 9.17) is 0 Å². The Bertz CT molecular complexity index is 349. The van der Waals surface area contributed by atoms with E-state index < -0.39 is 0 Å². The fourth-order valence-electron chi connectivity index (χ4n) is 1.74. The molecule has 1 aliphatic heterocycles. The average Bonchev–Trinajstić information content (AvgIpc) is 2.63. The number of aromatic nitrogens is 2. The first-order valence-electron chi connectivity index (χ1n) is 4.86. The first-order valence-corrected chi connectivity index (χ1v) is 6.09. The van der Waals surface area contributed by atoms with Gasteiger partial charge in [-0.3, -0.25) is 0 Å². The van der Waals surface area contributed by atoms with Gasteiger partial charge in [0.05, 0.1) is 11.4 Å². The molecule has 2 rings (SSSR count). The van der Waals surface area contributed by atoms with Gasteiger partial charge in [-0.05, 0) is 12.2 Å². The van der Waals surface area contributed by atoms with Crippen LogP contribution in [0.2, 0.25) is 0 Å². The second-order valence-electron chi connectivity index (χ2n) is 3.78. The van der Waals surface area contributed by atoms with E-state index in [-0.39, 0.29) is 0 Å². The van der Waals surface area contributed by atoms with Crippen LogP contribution in [0.1, 0.15) is 36.7 Å². The molecular formula is C10H15N3S. The maximum atomic E-state index is 4.57. The summed E-state index contributed by atoms with van der Waals surface area (Å²) >= 11 is 1.62. The van der Waals surface area contributed by atoms with E-state index in [1.807, 2.05) is 6.26 Å². The zero-order chi connectivity index (χ0) is 10.1. The number of nitrogens with zero attached hydrogens (tertiary/aromatic N) is 2. The Morgan fingerprint density at radius 1 is 1.29 bits per heavy atom. The molecule has 0 unspecified atom stereocenters. The van der Waals surface area contributed by atoms with Crippen LogP contribution in [0.15, 0.2) is 5.16 Å². The van der Waals surface area contributed by atoms with Gasteiger partial charge in [0, 0.05) is 18.7 Å². The Kier molecular flexibility index (Phi) is 2.74. The van der Waals surface area contributed by atoms with Crippen LogP contribution >= 0.6 is 11.8 Å². The Morgan fingerprint density at radius 3 is 2.71 bits per heavy atom. The topological polar surface area (TPSA) is 37.8 Å². The third kappa shape index (κ3) is 1.64. The largest absolute Gasteiger partial charge is 0.307 e. The minimum Gasteiger partial charge on any atom is -0.307 e. The van der Waals surface area contributed by atoms with Crippen LogP contribution in [0.25, 0.3) is 0 Å². The summed E-state index contributed by atoms with van der Waals surface area (Å²) in [4.78, 5) is 9.08. The van der Waals surface area contributed by atoms with Gasteiger partial charge in [-0.2, -0.15) is 0 Å². The average molecular weight is 209 g/mol. The van der Waals surface area contributed by atoms with Gasteiger partial charge in [0.25, 0.3) is 0 Å². The molecule has 0 aliphatic carbocycles. The number of hydrogen-bond donors (Lipinski definition) is 1. The van der Waals surface area contributed by atoms with Crippen molar-refractivity contribution in [1.82, 2.24) is 15.3 Å². The lowest BCUT2D eigenvalue weighted by atomic mass is 10.0. The Labute approximate surface area is 88.7 Å². The van der Waals surface area contributed by atoms with E-state index >= 15 is 0 Å². The predicted molar refractivity (Wildman–Crippen MR) is 58.4 cm³/mol. The normalized spacial score (nSPS) is 14.9. The number of nitrogens with one attached hydrogen (secondary N) is 1. The highest BCUT2D eigenvalue weighted by Crippen LogP contribution is 2.25. The minimum atomic E-state index is 0.484. The summed E-state index contributed by atoms with van der Waals surface area (Å²) in [7, 11) is 0. The van der Waals surface area contributed by atoms with Crippen LogP contribution in [-0.4, -0.2) is 16.2 Å². The van der Waals surface area contributed by atoms with Gasteiger partial charge < -0.3 is 5.32 Å². The van der Waals surface area contributed by atoms with Crippen molar-refractivity contribution in [2.24, 2.45) is 0 Å². The van der Waals surface area contributed by atoms with Crippen molar-refractivity contribution >= 4 is 11.8 Å². The SMILES string of the molecule is CSc1nc2c(c(C(C)C)n1)CNC2. The highest BCUT2D eigenvalue weighted by molar-refractivity contribution is 7.98. The summed E-state index contributed by atoms with van der Waals surface area (Å²) < 4.78 is 0. The summed E-state index contributed by atoms with van der Waals surface area (Å²) in [5.74, 6) is 0.484. The summed E-state index contributed by atoms with van der Waals surface area (Å²) in [5, 5.41) is 4.22. The molecule has 1 aromatic rings. The molecule has 0 saturated heterocycles. The molecule has 76 valence electrons. The number of rotatable bonds is 2. The lowest BCUT2D eigenvalue weighted by molar-refractivity contribution is 0.744. The van der Waals surface area contributed by atoms with Crippen LogP contribution in [0.5, 0.6) is 0 Å². The van der Waals surface area contributed by atoms with Gasteiger partial charge in [0.15, 0.2) is 5.16 Å². The monoisotopic (exact) mass is 209 g/mol. The van der Waals surface area contributed by atoms with E-state index in [1.54, 1.807) is 11.8 Å². The number of hydrogen-bond acceptors (Lipinski definition) is 4. The standard InChI is InChI=1S/C10H15N3S/c1-6(2)9-7-4-11-5-8(7)12-10(13-9)14-3/h6,11H,4-5H2,1-3H3. The van der Waals surface area contributed by atoms with Crippen LogP contribution in [-0.2, 0) is 13.1 Å². The molecule has 1 aromatic heterocycles. The van der Waals surface area contributed by atoms with Gasteiger partial charge in [-0.15, -0.1) is 0 Å². The first-order chi connectivity index (χ1) is 6.72. The van der Waals surface area contributed by atoms with Crippen LogP contribution in [0.3, 0.4) is 0 Å². The van der Waals surface area contributed by atoms with Crippen LogP contribution < -0.4 is 5.32 Å². The summed E-state index contributed by atoms with van der Waals surface area (Å²) in [6, 6.07) is 0. The quantitative estimate of drug-likeness (QED) is 0.596. The van der Waals surface area contributed by atoms with Gasteiger partial charge in [0.2, 0.25) is 0 Å². The first kappa shape index (κ1) is 9.93. The molecule has 4 heteroatoms. The van der Waals surface area contributed by atoms with E-state index in [9.17, 15) is 0 Å². The van der Waals surface area contributed by atoms with Crippen LogP contribution in [0.4, 0.5) is 0 Å². The van der Waals surface area contributed by atoms with Gasteiger partial charge in [-0.25, -0.2) is 9.97 Å². The predicted octanol–water partition coefficient (Wildman–Crippen LogP) is 1.93. The molecule has 0 bridgehead atoms. The summed E-state index contributed by atoms with van der Waals surface area (Å²) in [6.07, 6.45) is 2.02. The molecule has 14 heavy (non-hydrogen) atoms. The van der Waals surface area contributed by atoms with Gasteiger partial charge in [-0.1, -0.05) is 25.6 Å². The minimum absolute atomic E-state index is 0.484. The van der Waals surface area contributed by atoms with Crippen LogP contribution in [0, 0.1) is 0 Å². The molecule has 0 fully saturated rings. The zero-order valence-electron chi connectivity index (χ0n) is 8.79. The third-order valence-electron chi connectivity index (χ3n) is 2.43. The molecule has 3 nitrogen and oxygen atoms in total. The van der Waals surface area contributed by atoms with Gasteiger partial charge in [0.1, 0.15) is 0 Å². The molecule has 2 heterocycles. The molecule has 0 amide bonds. The highest BCUT2D eigenvalue weighted by Gasteiger charge is 2.19. The Hall–Kier alpha value is -0.610. The van der Waals surface area contributed by atoms with Crippen molar-refractivity contribution < 1.29 is 0 Å². The van der Waals surface area contributed by atoms with E-state index in [0.717, 1.165) is 18.2 Å². The van der Waals surface area contributed by atoms with Gasteiger partial charge >= 0.3 is 0 Å². The molecule has 0 atom stereocenters. The summed E-state index contributed by atoms with van der Waals surface area (Å²) in [6.45, 7) is 6.19. The van der Waals surface area contributed by atoms with Crippen molar-refractivity contribution in [3.8, 4) is 0 Å². The maximum absolute atomic E-state index is 4.57. The second-order valence-corrected chi connectivity index (χ2v) is 4.55. The lowest BCUT2D eigenvalue weighted by Crippen LogP contribution is -2.04. The maximum Gasteiger partial charge on any atom is 0.187 e. The molecule has 0 spiro atoms. The van der Waals surface area contributed by atoms with Crippen molar-refractivity contribution in [2.75, 3.05) is 6.26 Å². The molecule has 1 aliphatic rings. The molecule has 0 saturated carbocycles. The van der Waals surface area contributed by atoms with E-state index in [0.29, 0.717) is 5.92 Å². The summed E-state index contributed by atoms with van der Waals surface area (Å²) in [5.41, 5.74) is 3.72. The number of thioether (sulfide) groups is 1. The molecular weight excluding hydrogens is 194 g/mol. The van der Waals surface area contributed by atoms with Crippen molar-refractivity contribution in [1.29, 1.82) is 0 Å². The lowest BCUT2D eigenvalue weighted by Gasteiger charge is -2.10. The van der Waals surface area contributed by atoms with Crippen molar-refractivity contribution in [2.45, 2.75) is 38.0 Å². The number of fused-ring (bicyclic) bond motifs is 1. The Morgan fingerprint density at radius 2 is 2.07 bits per heavy atom. The van der Waals surface area contributed by atoms with E-state index in [1.165, 1.54) is 17.0 Å². The van der Waals surface area contributed by atoms with Crippen molar-refractivity contribution in [3.05, 3.63) is 17.0 Å². The smallest absolute Gasteiger partial charge is 0.187 e. The van der Waals surface area contributed by atoms with Crippen molar-refractivity contribution in [3.63, 3.8) is 0 Å². The zero-order valence-corrected chi connectivity index (χ0v) is 9.61. The molecule has 0 radical (unpaired) electrons. The molecule has 1 N–H and O–H groups in total. The molecule has 0 aromatic carbocycles.